The summed E-state index contributed by atoms with van der Waals surface area (Å²) in [5.41, 5.74) is 5.89. The summed E-state index contributed by atoms with van der Waals surface area (Å²) in [5, 5.41) is 5.58. The molecule has 0 radical (unpaired) electrons. The first-order valence-electron chi connectivity index (χ1n) is 13.2. The van der Waals surface area contributed by atoms with Crippen molar-refractivity contribution in [2.45, 2.75) is 52.2 Å². The van der Waals surface area contributed by atoms with E-state index in [9.17, 15) is 4.79 Å². The Balaban J connectivity index is 1.33. The van der Waals surface area contributed by atoms with Crippen molar-refractivity contribution in [1.29, 1.82) is 0 Å². The largest absolute Gasteiger partial charge is 0.467 e. The lowest BCUT2D eigenvalue weighted by Crippen LogP contribution is -2.38. The van der Waals surface area contributed by atoms with E-state index in [0.29, 0.717) is 39.3 Å². The van der Waals surface area contributed by atoms with Gasteiger partial charge in [-0.3, -0.25) is 9.48 Å². The maximum atomic E-state index is 13.5. The molecule has 4 heterocycles. The Kier molecular flexibility index (Phi) is 6.66. The Labute approximate surface area is 216 Å². The number of aromatic nitrogens is 3. The van der Waals surface area contributed by atoms with Crippen LogP contribution >= 0.6 is 0 Å². The first-order chi connectivity index (χ1) is 18.1. The summed E-state index contributed by atoms with van der Waals surface area (Å²) in [6, 6.07) is 12.5. The maximum absolute atomic E-state index is 13.5. The second kappa shape index (κ2) is 10.4. The van der Waals surface area contributed by atoms with E-state index in [1.54, 1.807) is 6.26 Å². The molecule has 0 spiro atoms. The van der Waals surface area contributed by atoms with Crippen molar-refractivity contribution in [3.8, 4) is 0 Å². The van der Waals surface area contributed by atoms with Crippen LogP contribution in [0.5, 0.6) is 0 Å². The lowest BCUT2D eigenvalue weighted by molar-refractivity contribution is -0.133. The van der Waals surface area contributed by atoms with E-state index in [2.05, 4.69) is 28.2 Å². The lowest BCUT2D eigenvalue weighted by Gasteiger charge is -2.31. The van der Waals surface area contributed by atoms with Crippen LogP contribution in [0, 0.1) is 6.92 Å². The average molecular weight is 500 g/mol. The van der Waals surface area contributed by atoms with Crippen LogP contribution in [0.2, 0.25) is 0 Å². The van der Waals surface area contributed by atoms with Crippen molar-refractivity contribution >= 4 is 22.6 Å². The number of ether oxygens (including phenoxy) is 1. The summed E-state index contributed by atoms with van der Waals surface area (Å²) in [5.74, 6) is 1.78. The van der Waals surface area contributed by atoms with E-state index in [1.165, 1.54) is 17.5 Å². The highest BCUT2D eigenvalue weighted by Gasteiger charge is 2.23. The zero-order valence-corrected chi connectivity index (χ0v) is 21.4. The van der Waals surface area contributed by atoms with Gasteiger partial charge in [0.1, 0.15) is 11.6 Å². The molecule has 1 aliphatic heterocycles. The van der Waals surface area contributed by atoms with E-state index < -0.39 is 0 Å². The third-order valence-electron chi connectivity index (χ3n) is 7.36. The zero-order chi connectivity index (χ0) is 25.2. The van der Waals surface area contributed by atoms with Gasteiger partial charge in [0, 0.05) is 49.7 Å². The number of morpholine rings is 1. The standard InChI is InChI=1S/C29H33N5O3/c1-21-7-9-34(31-21)10-8-28(35)33(20-26-6-3-13-37-26)19-25-17-24-16-22-4-2-5-23(22)18-27(24)30-29(25)32-11-14-36-15-12-32/h3,6-7,9,13,16-18H,2,4-5,8,10-12,14-15,19-20H2,1H3. The van der Waals surface area contributed by atoms with Crippen LogP contribution in [0.25, 0.3) is 10.9 Å². The minimum Gasteiger partial charge on any atom is -0.467 e. The number of nitrogens with zero attached hydrogens (tertiary/aromatic N) is 5. The van der Waals surface area contributed by atoms with Crippen LogP contribution < -0.4 is 4.90 Å². The number of aryl methyl sites for hydroxylation is 4. The minimum absolute atomic E-state index is 0.0616. The Hall–Kier alpha value is -3.65. The number of carbonyl (C=O) groups is 1. The predicted molar refractivity (Wildman–Crippen MR) is 141 cm³/mol. The van der Waals surface area contributed by atoms with Gasteiger partial charge in [-0.15, -0.1) is 0 Å². The molecule has 192 valence electrons. The molecule has 6 rings (SSSR count). The normalized spacial score (nSPS) is 15.3. The molecule has 8 nitrogen and oxygen atoms in total. The van der Waals surface area contributed by atoms with Crippen molar-refractivity contribution in [2.75, 3.05) is 31.2 Å². The maximum Gasteiger partial charge on any atom is 0.225 e. The highest BCUT2D eigenvalue weighted by molar-refractivity contribution is 5.84. The van der Waals surface area contributed by atoms with Crippen LogP contribution in [0.4, 0.5) is 5.82 Å². The van der Waals surface area contributed by atoms with Crippen molar-refractivity contribution in [1.82, 2.24) is 19.7 Å². The molecule has 0 bridgehead atoms. The molecule has 0 saturated carbocycles. The number of benzene rings is 1. The first kappa shape index (κ1) is 23.7. The van der Waals surface area contributed by atoms with Crippen LogP contribution in [0.1, 0.15) is 41.0 Å². The molecule has 3 aromatic heterocycles. The molecule has 8 heteroatoms. The summed E-state index contributed by atoms with van der Waals surface area (Å²) < 4.78 is 13.1. The molecule has 1 fully saturated rings. The van der Waals surface area contributed by atoms with Gasteiger partial charge in [-0.2, -0.15) is 5.10 Å². The van der Waals surface area contributed by atoms with E-state index in [1.807, 2.05) is 40.9 Å². The molecule has 1 saturated heterocycles. The SMILES string of the molecule is Cc1ccn(CCC(=O)N(Cc2ccco2)Cc2cc3cc4c(cc3nc2N2CCOCC2)CCC4)n1. The van der Waals surface area contributed by atoms with Crippen molar-refractivity contribution < 1.29 is 13.9 Å². The monoisotopic (exact) mass is 499 g/mol. The van der Waals surface area contributed by atoms with Gasteiger partial charge in [0.2, 0.25) is 5.91 Å². The molecule has 0 atom stereocenters. The number of hydrogen-bond acceptors (Lipinski definition) is 6. The Morgan fingerprint density at radius 3 is 2.68 bits per heavy atom. The van der Waals surface area contributed by atoms with Gasteiger partial charge in [-0.05, 0) is 73.7 Å². The molecule has 0 N–H and O–H groups in total. The highest BCUT2D eigenvalue weighted by atomic mass is 16.5. The zero-order valence-electron chi connectivity index (χ0n) is 21.4. The van der Waals surface area contributed by atoms with Gasteiger partial charge in [0.05, 0.1) is 37.2 Å². The van der Waals surface area contributed by atoms with E-state index in [4.69, 9.17) is 14.1 Å². The number of hydrogen-bond donors (Lipinski definition) is 0. The number of furan rings is 1. The summed E-state index contributed by atoms with van der Waals surface area (Å²) in [4.78, 5) is 22.9. The topological polar surface area (TPSA) is 76.6 Å². The van der Waals surface area contributed by atoms with Crippen LogP contribution in [-0.2, 0) is 42.0 Å². The first-order valence-corrected chi connectivity index (χ1v) is 13.2. The second-order valence-corrected chi connectivity index (χ2v) is 10.0. The third-order valence-corrected chi connectivity index (χ3v) is 7.36. The number of fused-ring (bicyclic) bond motifs is 2. The fourth-order valence-electron chi connectivity index (χ4n) is 5.43. The number of anilines is 1. The van der Waals surface area contributed by atoms with Gasteiger partial charge in [0.15, 0.2) is 0 Å². The Bertz CT molecular complexity index is 1390. The lowest BCUT2D eigenvalue weighted by atomic mass is 10.0. The fraction of sp³-hybridized carbons (Fsp3) is 0.414. The van der Waals surface area contributed by atoms with Gasteiger partial charge >= 0.3 is 0 Å². The summed E-state index contributed by atoms with van der Waals surface area (Å²) in [6.07, 6.45) is 7.40. The van der Waals surface area contributed by atoms with E-state index >= 15 is 0 Å². The van der Waals surface area contributed by atoms with Gasteiger partial charge in [0.25, 0.3) is 0 Å². The van der Waals surface area contributed by atoms with Gasteiger partial charge < -0.3 is 19.0 Å². The van der Waals surface area contributed by atoms with Crippen molar-refractivity contribution in [2.24, 2.45) is 0 Å². The van der Waals surface area contributed by atoms with Crippen LogP contribution in [-0.4, -0.2) is 51.9 Å². The molecule has 1 aromatic carbocycles. The smallest absolute Gasteiger partial charge is 0.225 e. The summed E-state index contributed by atoms with van der Waals surface area (Å²) >= 11 is 0. The fourth-order valence-corrected chi connectivity index (χ4v) is 5.43. The minimum atomic E-state index is 0.0616. The predicted octanol–water partition coefficient (Wildman–Crippen LogP) is 4.28. The van der Waals surface area contributed by atoms with Crippen molar-refractivity contribution in [3.63, 3.8) is 0 Å². The van der Waals surface area contributed by atoms with E-state index in [-0.39, 0.29) is 5.91 Å². The number of amides is 1. The van der Waals surface area contributed by atoms with Gasteiger partial charge in [-0.25, -0.2) is 4.98 Å². The molecule has 0 unspecified atom stereocenters. The quantitative estimate of drug-likeness (QED) is 0.360. The molecule has 37 heavy (non-hydrogen) atoms. The highest BCUT2D eigenvalue weighted by Crippen LogP contribution is 2.31. The summed E-state index contributed by atoms with van der Waals surface area (Å²) in [7, 11) is 0. The molecular weight excluding hydrogens is 466 g/mol. The average Bonchev–Trinajstić information content (AvgIpc) is 3.68. The van der Waals surface area contributed by atoms with Crippen molar-refractivity contribution in [3.05, 3.63) is 77.0 Å². The van der Waals surface area contributed by atoms with E-state index in [0.717, 1.165) is 59.7 Å². The Morgan fingerprint density at radius 1 is 1.08 bits per heavy atom. The number of pyridine rings is 1. The molecule has 1 aliphatic carbocycles. The number of carbonyl (C=O) groups excluding carboxylic acids is 1. The Morgan fingerprint density at radius 2 is 1.92 bits per heavy atom. The summed E-state index contributed by atoms with van der Waals surface area (Å²) in [6.45, 7) is 6.32. The van der Waals surface area contributed by atoms with Gasteiger partial charge in [-0.1, -0.05) is 0 Å². The second-order valence-electron chi connectivity index (χ2n) is 10.0. The third kappa shape index (κ3) is 5.25. The van der Waals surface area contributed by atoms with Crippen LogP contribution in [0.3, 0.4) is 0 Å². The van der Waals surface area contributed by atoms with Crippen LogP contribution in [0.15, 0.2) is 53.3 Å². The molecular formula is C29H33N5O3. The molecule has 1 amide bonds. The molecule has 2 aliphatic rings. The molecule has 4 aromatic rings. The number of rotatable bonds is 8.